The molecule has 0 saturated heterocycles. The first kappa shape index (κ1) is 7.33. The highest BCUT2D eigenvalue weighted by atomic mass is 32.1. The van der Waals surface area contributed by atoms with Gasteiger partial charge in [0.2, 0.25) is 0 Å². The van der Waals surface area contributed by atoms with Crippen molar-refractivity contribution < 1.29 is 0 Å². The number of nitrogens with zero attached hydrogens (tertiary/aromatic N) is 1. The normalized spacial score (nSPS) is 15.1. The highest BCUT2D eigenvalue weighted by Crippen LogP contribution is 2.38. The zero-order valence-electron chi connectivity index (χ0n) is 7.21. The standard InChI is InChI=1S/C10H10N2S/c11-7-4-5-12-10-9(7)6-2-1-3-8(6)13-10/h4-5H,1-3H2,(H2,11,12). The van der Waals surface area contributed by atoms with Gasteiger partial charge in [0.05, 0.1) is 0 Å². The number of thiophene rings is 1. The minimum absolute atomic E-state index is 0.893. The lowest BCUT2D eigenvalue weighted by molar-refractivity contribution is 0.917. The van der Waals surface area contributed by atoms with E-state index in [4.69, 9.17) is 5.73 Å². The number of rotatable bonds is 0. The third kappa shape index (κ3) is 0.907. The Balaban J connectivity index is 2.46. The quantitative estimate of drug-likeness (QED) is 0.692. The van der Waals surface area contributed by atoms with E-state index in [0.29, 0.717) is 0 Å². The average molecular weight is 190 g/mol. The predicted octanol–water partition coefficient (Wildman–Crippen LogP) is 2.37. The van der Waals surface area contributed by atoms with Gasteiger partial charge < -0.3 is 5.73 Å². The first-order chi connectivity index (χ1) is 6.36. The van der Waals surface area contributed by atoms with Crippen LogP contribution in [0.3, 0.4) is 0 Å². The maximum absolute atomic E-state index is 5.94. The van der Waals surface area contributed by atoms with Crippen molar-refractivity contribution in [2.24, 2.45) is 0 Å². The first-order valence-corrected chi connectivity index (χ1v) is 5.32. The number of aromatic nitrogens is 1. The molecule has 0 spiro atoms. The molecular weight excluding hydrogens is 180 g/mol. The third-order valence-electron chi connectivity index (χ3n) is 2.64. The number of fused-ring (bicyclic) bond motifs is 3. The molecule has 0 bridgehead atoms. The van der Waals surface area contributed by atoms with E-state index in [1.807, 2.05) is 17.4 Å². The highest BCUT2D eigenvalue weighted by molar-refractivity contribution is 7.19. The lowest BCUT2D eigenvalue weighted by Gasteiger charge is -1.96. The Labute approximate surface area is 80.4 Å². The van der Waals surface area contributed by atoms with E-state index in [1.54, 1.807) is 6.20 Å². The zero-order chi connectivity index (χ0) is 8.84. The van der Waals surface area contributed by atoms with E-state index < -0.39 is 0 Å². The van der Waals surface area contributed by atoms with E-state index in [9.17, 15) is 0 Å². The van der Waals surface area contributed by atoms with Crippen LogP contribution in [0, 0.1) is 0 Å². The van der Waals surface area contributed by atoms with Crippen molar-refractivity contribution in [3.8, 4) is 0 Å². The minimum Gasteiger partial charge on any atom is -0.398 e. The lowest BCUT2D eigenvalue weighted by atomic mass is 10.1. The fraction of sp³-hybridized carbons (Fsp3) is 0.300. The monoisotopic (exact) mass is 190 g/mol. The van der Waals surface area contributed by atoms with Crippen molar-refractivity contribution in [2.45, 2.75) is 19.3 Å². The summed E-state index contributed by atoms with van der Waals surface area (Å²) in [6.45, 7) is 0. The van der Waals surface area contributed by atoms with Crippen LogP contribution in [-0.2, 0) is 12.8 Å². The number of nitrogens with two attached hydrogens (primary N) is 1. The smallest absolute Gasteiger partial charge is 0.125 e. The molecule has 0 atom stereocenters. The first-order valence-electron chi connectivity index (χ1n) is 4.51. The molecule has 1 aliphatic carbocycles. The van der Waals surface area contributed by atoms with E-state index in [-0.39, 0.29) is 0 Å². The van der Waals surface area contributed by atoms with Crippen molar-refractivity contribution in [2.75, 3.05) is 5.73 Å². The summed E-state index contributed by atoms with van der Waals surface area (Å²) >= 11 is 1.81. The van der Waals surface area contributed by atoms with Crippen molar-refractivity contribution in [1.29, 1.82) is 0 Å². The number of hydrogen-bond donors (Lipinski definition) is 1. The largest absolute Gasteiger partial charge is 0.398 e. The van der Waals surface area contributed by atoms with Crippen LogP contribution < -0.4 is 5.73 Å². The summed E-state index contributed by atoms with van der Waals surface area (Å²) in [5, 5.41) is 1.22. The molecule has 1 aliphatic rings. The molecule has 0 unspecified atom stereocenters. The number of hydrogen-bond acceptors (Lipinski definition) is 3. The van der Waals surface area contributed by atoms with E-state index in [0.717, 1.165) is 10.5 Å². The van der Waals surface area contributed by atoms with E-state index in [1.165, 1.54) is 35.1 Å². The van der Waals surface area contributed by atoms with Crippen molar-refractivity contribution in [3.05, 3.63) is 22.7 Å². The molecule has 0 aromatic carbocycles. The fourth-order valence-electron chi connectivity index (χ4n) is 2.05. The number of nitrogen functional groups attached to an aromatic ring is 1. The van der Waals surface area contributed by atoms with Crippen molar-refractivity contribution >= 4 is 27.2 Å². The molecule has 2 aromatic heterocycles. The second kappa shape index (κ2) is 2.45. The second-order valence-corrected chi connectivity index (χ2v) is 4.52. The van der Waals surface area contributed by atoms with Crippen LogP contribution in [0.15, 0.2) is 12.3 Å². The molecule has 0 radical (unpaired) electrons. The van der Waals surface area contributed by atoms with Gasteiger partial charge in [-0.05, 0) is 30.9 Å². The molecule has 2 nitrogen and oxygen atoms in total. The number of anilines is 1. The predicted molar refractivity (Wildman–Crippen MR) is 56.1 cm³/mol. The van der Waals surface area contributed by atoms with Gasteiger partial charge in [0.15, 0.2) is 0 Å². The summed E-state index contributed by atoms with van der Waals surface area (Å²) in [6, 6.07) is 1.90. The molecule has 0 aliphatic heterocycles. The third-order valence-corrected chi connectivity index (χ3v) is 3.84. The lowest BCUT2D eigenvalue weighted by Crippen LogP contribution is -1.88. The van der Waals surface area contributed by atoms with Crippen LogP contribution in [0.5, 0.6) is 0 Å². The zero-order valence-corrected chi connectivity index (χ0v) is 8.03. The van der Waals surface area contributed by atoms with E-state index >= 15 is 0 Å². The molecule has 2 N–H and O–H groups in total. The van der Waals surface area contributed by atoms with Crippen LogP contribution in [0.2, 0.25) is 0 Å². The van der Waals surface area contributed by atoms with Crippen molar-refractivity contribution in [1.82, 2.24) is 4.98 Å². The SMILES string of the molecule is Nc1ccnc2sc3c(c12)CCC3. The van der Waals surface area contributed by atoms with Crippen LogP contribution in [-0.4, -0.2) is 4.98 Å². The van der Waals surface area contributed by atoms with Gasteiger partial charge in [-0.3, -0.25) is 0 Å². The average Bonchev–Trinajstić information content (AvgIpc) is 2.62. The topological polar surface area (TPSA) is 38.9 Å². The van der Waals surface area contributed by atoms with Gasteiger partial charge in [-0.15, -0.1) is 11.3 Å². The molecular formula is C10H10N2S. The summed E-state index contributed by atoms with van der Waals surface area (Å²) < 4.78 is 0. The maximum atomic E-state index is 5.94. The summed E-state index contributed by atoms with van der Waals surface area (Å²) in [6.07, 6.45) is 5.48. The van der Waals surface area contributed by atoms with Gasteiger partial charge in [0.1, 0.15) is 4.83 Å². The Bertz CT molecular complexity index is 473. The molecule has 0 amide bonds. The van der Waals surface area contributed by atoms with Crippen LogP contribution in [0.1, 0.15) is 16.9 Å². The van der Waals surface area contributed by atoms with Crippen LogP contribution >= 0.6 is 11.3 Å². The van der Waals surface area contributed by atoms with Gasteiger partial charge in [-0.2, -0.15) is 0 Å². The summed E-state index contributed by atoms with van der Waals surface area (Å²) in [5.74, 6) is 0. The molecule has 13 heavy (non-hydrogen) atoms. The Kier molecular flexibility index (Phi) is 1.38. The second-order valence-electron chi connectivity index (χ2n) is 3.44. The molecule has 0 fully saturated rings. The number of aryl methyl sites for hydroxylation is 2. The molecule has 3 heteroatoms. The molecule has 2 heterocycles. The molecule has 2 aromatic rings. The summed E-state index contributed by atoms with van der Waals surface area (Å²) in [4.78, 5) is 6.96. The maximum Gasteiger partial charge on any atom is 0.125 e. The fourth-order valence-corrected chi connectivity index (χ4v) is 3.31. The van der Waals surface area contributed by atoms with Crippen LogP contribution in [0.25, 0.3) is 10.2 Å². The number of pyridine rings is 1. The van der Waals surface area contributed by atoms with Gasteiger partial charge in [0.25, 0.3) is 0 Å². The van der Waals surface area contributed by atoms with Crippen LogP contribution in [0.4, 0.5) is 5.69 Å². The van der Waals surface area contributed by atoms with Gasteiger partial charge in [-0.25, -0.2) is 4.98 Å². The summed E-state index contributed by atoms with van der Waals surface area (Å²) in [5.41, 5.74) is 8.30. The molecule has 3 rings (SSSR count). The van der Waals surface area contributed by atoms with Gasteiger partial charge in [0, 0.05) is 22.1 Å². The van der Waals surface area contributed by atoms with Crippen molar-refractivity contribution in [3.63, 3.8) is 0 Å². The Morgan fingerprint density at radius 2 is 2.31 bits per heavy atom. The molecule has 66 valence electrons. The van der Waals surface area contributed by atoms with E-state index in [2.05, 4.69) is 4.98 Å². The minimum atomic E-state index is 0.893. The summed E-state index contributed by atoms with van der Waals surface area (Å²) in [7, 11) is 0. The van der Waals surface area contributed by atoms with Gasteiger partial charge >= 0.3 is 0 Å². The Morgan fingerprint density at radius 3 is 3.23 bits per heavy atom. The Hall–Kier alpha value is -1.09. The van der Waals surface area contributed by atoms with Gasteiger partial charge in [-0.1, -0.05) is 0 Å². The highest BCUT2D eigenvalue weighted by Gasteiger charge is 2.19. The Morgan fingerprint density at radius 1 is 1.38 bits per heavy atom. The molecule has 0 saturated carbocycles.